The van der Waals surface area contributed by atoms with Crippen molar-refractivity contribution >= 4 is 28.6 Å². The number of benzene rings is 1. The normalized spacial score (nSPS) is 21.0. The van der Waals surface area contributed by atoms with Crippen LogP contribution in [0.2, 0.25) is 0 Å². The molecule has 2 fully saturated rings. The summed E-state index contributed by atoms with van der Waals surface area (Å²) in [5.74, 6) is -0.768. The zero-order chi connectivity index (χ0) is 19.0. The molecule has 2 aromatic rings. The van der Waals surface area contributed by atoms with Crippen LogP contribution in [0.15, 0.2) is 24.5 Å². The van der Waals surface area contributed by atoms with Gasteiger partial charge in [-0.2, -0.15) is 15.0 Å². The smallest absolute Gasteiger partial charge is 0.414 e. The Kier molecular flexibility index (Phi) is 4.87. The topological polar surface area (TPSA) is 86.6 Å². The first-order valence-corrected chi connectivity index (χ1v) is 9.91. The van der Waals surface area contributed by atoms with E-state index in [1.807, 2.05) is 0 Å². The van der Waals surface area contributed by atoms with Crippen molar-refractivity contribution in [3.8, 4) is 0 Å². The summed E-state index contributed by atoms with van der Waals surface area (Å²) in [6.07, 6.45) is 1.82. The minimum absolute atomic E-state index is 0.0928. The lowest BCUT2D eigenvalue weighted by molar-refractivity contribution is 0.126. The molecule has 2 aliphatic heterocycles. The van der Waals surface area contributed by atoms with Crippen LogP contribution in [0.25, 0.3) is 0 Å². The maximum atomic E-state index is 14.6. The predicted octanol–water partition coefficient (Wildman–Crippen LogP) is 1.15. The fourth-order valence-corrected chi connectivity index (χ4v) is 4.27. The second-order valence-electron chi connectivity index (χ2n) is 6.29. The van der Waals surface area contributed by atoms with E-state index in [2.05, 4.69) is 10.2 Å². The molecule has 2 saturated heterocycles. The average molecular weight is 397 g/mol. The fourth-order valence-electron chi connectivity index (χ4n) is 3.22. The van der Waals surface area contributed by atoms with Crippen LogP contribution in [0.4, 0.5) is 25.0 Å². The molecule has 4 rings (SSSR count). The molecule has 0 unspecified atom stereocenters. The highest BCUT2D eigenvalue weighted by molar-refractivity contribution is 7.91. The summed E-state index contributed by atoms with van der Waals surface area (Å²) in [4.78, 5) is 16.2. The van der Waals surface area contributed by atoms with Crippen molar-refractivity contribution in [1.29, 1.82) is 0 Å². The van der Waals surface area contributed by atoms with Crippen molar-refractivity contribution in [3.05, 3.63) is 36.2 Å². The van der Waals surface area contributed by atoms with Gasteiger partial charge in [0.05, 0.1) is 44.3 Å². The second-order valence-corrected chi connectivity index (χ2v) is 7.99. The van der Waals surface area contributed by atoms with Crippen LogP contribution in [0.1, 0.15) is 0 Å². The number of cyclic esters (lactones) is 1. The summed E-state index contributed by atoms with van der Waals surface area (Å²) >= 11 is -0.945. The molecule has 27 heavy (non-hydrogen) atoms. The van der Waals surface area contributed by atoms with Gasteiger partial charge in [-0.25, -0.2) is 13.6 Å². The van der Waals surface area contributed by atoms with Gasteiger partial charge in [0.15, 0.2) is 11.6 Å². The minimum atomic E-state index is -0.945. The Balaban J connectivity index is 1.51. The average Bonchev–Trinajstić information content (AvgIpc) is 3.26. The van der Waals surface area contributed by atoms with Crippen LogP contribution in [-0.2, 0) is 22.5 Å². The Bertz CT molecular complexity index is 806. The number of amides is 1. The molecule has 0 saturated carbocycles. The lowest BCUT2D eigenvalue weighted by atomic mass is 10.2. The van der Waals surface area contributed by atoms with E-state index in [0.29, 0.717) is 24.6 Å². The van der Waals surface area contributed by atoms with Gasteiger partial charge in [-0.3, -0.25) is 4.90 Å². The third kappa shape index (κ3) is 3.69. The summed E-state index contributed by atoms with van der Waals surface area (Å²) in [6, 6.07) is 2.25. The number of nitrogens with zero attached hydrogens (tertiary/aromatic N) is 5. The van der Waals surface area contributed by atoms with E-state index in [-0.39, 0.29) is 24.5 Å². The Morgan fingerprint density at radius 2 is 1.81 bits per heavy atom. The SMILES string of the molecule is O=C1O[C@@H](Cn2nccn2)CN1c1cc(F)c(N2CC[S+]([O-])CC2)c(F)c1. The molecule has 0 bridgehead atoms. The molecular weight excluding hydrogens is 380 g/mol. The predicted molar refractivity (Wildman–Crippen MR) is 94.1 cm³/mol. The van der Waals surface area contributed by atoms with Gasteiger partial charge in [0.1, 0.15) is 23.3 Å². The first-order chi connectivity index (χ1) is 13.0. The van der Waals surface area contributed by atoms with Gasteiger partial charge in [0.25, 0.3) is 0 Å². The van der Waals surface area contributed by atoms with E-state index in [9.17, 15) is 18.1 Å². The third-order valence-corrected chi connectivity index (χ3v) is 5.79. The van der Waals surface area contributed by atoms with Gasteiger partial charge in [0, 0.05) is 12.1 Å². The van der Waals surface area contributed by atoms with E-state index in [1.165, 1.54) is 22.1 Å². The number of hydrogen-bond donors (Lipinski definition) is 0. The second kappa shape index (κ2) is 7.31. The van der Waals surface area contributed by atoms with Crippen molar-refractivity contribution in [2.24, 2.45) is 0 Å². The molecule has 11 heteroatoms. The van der Waals surface area contributed by atoms with Crippen molar-refractivity contribution in [2.75, 3.05) is 40.9 Å². The molecule has 0 N–H and O–H groups in total. The molecule has 3 heterocycles. The molecule has 0 radical (unpaired) electrons. The Labute approximate surface area is 156 Å². The fraction of sp³-hybridized carbons (Fsp3) is 0.438. The Hall–Kier alpha value is -2.40. The maximum Gasteiger partial charge on any atom is 0.414 e. The maximum absolute atomic E-state index is 14.6. The molecule has 1 aromatic heterocycles. The summed E-state index contributed by atoms with van der Waals surface area (Å²) in [5.41, 5.74) is -0.0597. The molecular formula is C16H17F2N5O3S. The lowest BCUT2D eigenvalue weighted by Crippen LogP contribution is -2.41. The van der Waals surface area contributed by atoms with E-state index < -0.39 is 35.0 Å². The molecule has 0 spiro atoms. The van der Waals surface area contributed by atoms with Gasteiger partial charge in [-0.15, -0.1) is 0 Å². The number of carbonyl (C=O) groups excluding carboxylic acids is 1. The lowest BCUT2D eigenvalue weighted by Gasteiger charge is -2.30. The van der Waals surface area contributed by atoms with Crippen molar-refractivity contribution in [1.82, 2.24) is 15.0 Å². The van der Waals surface area contributed by atoms with Crippen LogP contribution in [-0.4, -0.2) is 62.9 Å². The van der Waals surface area contributed by atoms with Gasteiger partial charge in [0.2, 0.25) is 0 Å². The quantitative estimate of drug-likeness (QED) is 0.720. The molecule has 2 aliphatic rings. The Morgan fingerprint density at radius 3 is 2.44 bits per heavy atom. The highest BCUT2D eigenvalue weighted by Crippen LogP contribution is 2.31. The van der Waals surface area contributed by atoms with Crippen LogP contribution in [0.3, 0.4) is 0 Å². The molecule has 1 aromatic carbocycles. The standard InChI is InChI=1S/C16H17F2N5O3S/c17-13-7-11(8-14(18)15(13)21-3-5-27(25)6-4-21)22-9-12(26-16(22)24)10-23-19-1-2-20-23/h1-2,7-8,12H,3-6,9-10H2/t12-/m1/s1. The first kappa shape index (κ1) is 18.0. The zero-order valence-corrected chi connectivity index (χ0v) is 15.1. The molecule has 1 amide bonds. The van der Waals surface area contributed by atoms with Crippen LogP contribution in [0.5, 0.6) is 0 Å². The van der Waals surface area contributed by atoms with E-state index in [0.717, 1.165) is 12.1 Å². The largest absolute Gasteiger partial charge is 0.616 e. The van der Waals surface area contributed by atoms with E-state index >= 15 is 0 Å². The van der Waals surface area contributed by atoms with Crippen LogP contribution in [0, 0.1) is 11.6 Å². The monoisotopic (exact) mass is 397 g/mol. The highest BCUT2D eigenvalue weighted by atomic mass is 32.2. The summed E-state index contributed by atoms with van der Waals surface area (Å²) < 4.78 is 45.9. The minimum Gasteiger partial charge on any atom is -0.616 e. The molecule has 0 aliphatic carbocycles. The van der Waals surface area contributed by atoms with Crippen molar-refractivity contribution in [2.45, 2.75) is 12.6 Å². The van der Waals surface area contributed by atoms with Crippen LogP contribution < -0.4 is 9.80 Å². The van der Waals surface area contributed by atoms with Crippen molar-refractivity contribution < 1.29 is 22.9 Å². The third-order valence-electron chi connectivity index (χ3n) is 4.51. The molecule has 144 valence electrons. The van der Waals surface area contributed by atoms with Crippen LogP contribution >= 0.6 is 0 Å². The molecule has 1 atom stereocenters. The number of hydrogen-bond acceptors (Lipinski definition) is 6. The zero-order valence-electron chi connectivity index (χ0n) is 14.3. The van der Waals surface area contributed by atoms with Gasteiger partial charge >= 0.3 is 6.09 Å². The van der Waals surface area contributed by atoms with Gasteiger partial charge in [-0.05, 0) is 0 Å². The Morgan fingerprint density at radius 1 is 1.19 bits per heavy atom. The number of aromatic nitrogens is 3. The molecule has 8 nitrogen and oxygen atoms in total. The van der Waals surface area contributed by atoms with Gasteiger partial charge < -0.3 is 14.2 Å². The van der Waals surface area contributed by atoms with E-state index in [1.54, 1.807) is 4.90 Å². The first-order valence-electron chi connectivity index (χ1n) is 8.42. The summed E-state index contributed by atoms with van der Waals surface area (Å²) in [6.45, 7) is 1.04. The van der Waals surface area contributed by atoms with E-state index in [4.69, 9.17) is 4.74 Å². The van der Waals surface area contributed by atoms with Crippen molar-refractivity contribution in [3.63, 3.8) is 0 Å². The highest BCUT2D eigenvalue weighted by Gasteiger charge is 2.34. The number of anilines is 2. The number of rotatable bonds is 4. The number of ether oxygens (including phenoxy) is 1. The van der Waals surface area contributed by atoms with Gasteiger partial charge in [-0.1, -0.05) is 11.2 Å². The number of carbonyl (C=O) groups is 1. The summed E-state index contributed by atoms with van der Waals surface area (Å²) in [7, 11) is 0. The number of halogens is 2. The summed E-state index contributed by atoms with van der Waals surface area (Å²) in [5, 5.41) is 7.90.